The van der Waals surface area contributed by atoms with Gasteiger partial charge in [0, 0.05) is 20.3 Å². The quantitative estimate of drug-likeness (QED) is 0.749. The maximum Gasteiger partial charge on any atom is 0.288 e. The van der Waals surface area contributed by atoms with Gasteiger partial charge in [0.25, 0.3) is 11.8 Å². The lowest BCUT2D eigenvalue weighted by molar-refractivity contribution is -0.120. The first kappa shape index (κ1) is 16.0. The first-order chi connectivity index (χ1) is 10.6. The first-order valence-corrected chi connectivity index (χ1v) is 7.14. The maximum absolute atomic E-state index is 12.2. The molecule has 1 aliphatic heterocycles. The van der Waals surface area contributed by atoms with Crippen LogP contribution in [-0.2, 0) is 14.3 Å². The van der Waals surface area contributed by atoms with E-state index in [1.165, 1.54) is 5.01 Å². The third kappa shape index (κ3) is 3.82. The molecule has 2 rings (SSSR count). The summed E-state index contributed by atoms with van der Waals surface area (Å²) in [5, 5.41) is 4.09. The van der Waals surface area contributed by atoms with Crippen molar-refractivity contribution >= 4 is 23.3 Å². The minimum atomic E-state index is -0.610. The van der Waals surface area contributed by atoms with Crippen LogP contribution in [0, 0.1) is 0 Å². The van der Waals surface area contributed by atoms with Crippen LogP contribution >= 0.6 is 0 Å². The van der Waals surface area contributed by atoms with Crippen molar-refractivity contribution in [3.63, 3.8) is 0 Å². The predicted octanol–water partition coefficient (Wildman–Crippen LogP) is 0.477. The number of benzene rings is 1. The lowest BCUT2D eigenvalue weighted by atomic mass is 10.2. The Labute approximate surface area is 129 Å². The molecule has 118 valence electrons. The number of hydrogen-bond donors (Lipinski definition) is 2. The molecule has 0 spiro atoms. The highest BCUT2D eigenvalue weighted by atomic mass is 16.5. The number of amides is 2. The molecule has 1 aliphatic rings. The van der Waals surface area contributed by atoms with Crippen LogP contribution in [-0.4, -0.2) is 44.0 Å². The Morgan fingerprint density at radius 1 is 1.41 bits per heavy atom. The van der Waals surface area contributed by atoms with E-state index in [-0.39, 0.29) is 17.6 Å². The number of methoxy groups -OCH3 is 1. The molecule has 1 atom stereocenters. The molecule has 7 heteroatoms. The first-order valence-electron chi connectivity index (χ1n) is 7.14. The van der Waals surface area contributed by atoms with E-state index in [1.807, 2.05) is 18.2 Å². The molecule has 0 radical (unpaired) electrons. The molecule has 0 saturated heterocycles. The smallest absolute Gasteiger partial charge is 0.288 e. The second kappa shape index (κ2) is 7.56. The number of hydrazine groups is 1. The molecule has 22 heavy (non-hydrogen) atoms. The highest BCUT2D eigenvalue weighted by Crippen LogP contribution is 2.15. The van der Waals surface area contributed by atoms with E-state index in [0.717, 1.165) is 0 Å². The van der Waals surface area contributed by atoms with Gasteiger partial charge in [-0.3, -0.25) is 15.0 Å². The fourth-order valence-electron chi connectivity index (χ4n) is 2.01. The number of rotatable bonds is 6. The number of aliphatic imine (C=N–C) groups is 1. The van der Waals surface area contributed by atoms with Crippen molar-refractivity contribution in [3.8, 4) is 0 Å². The number of nitrogens with zero attached hydrogens (tertiary/aromatic N) is 2. The summed E-state index contributed by atoms with van der Waals surface area (Å²) in [4.78, 5) is 28.4. The number of carbonyl (C=O) groups excluding carboxylic acids is 2. The summed E-state index contributed by atoms with van der Waals surface area (Å²) in [6.07, 6.45) is 0.715. The van der Waals surface area contributed by atoms with Gasteiger partial charge in [0.2, 0.25) is 5.84 Å². The lowest BCUT2D eigenvalue weighted by Gasteiger charge is -2.30. The Hall–Kier alpha value is -2.41. The summed E-state index contributed by atoms with van der Waals surface area (Å²) in [6.45, 7) is 2.73. The fourth-order valence-corrected chi connectivity index (χ4v) is 2.01. The average molecular weight is 304 g/mol. The topological polar surface area (TPSA) is 83.0 Å². The number of hydrogen-bond acceptors (Lipinski definition) is 5. The Morgan fingerprint density at radius 2 is 2.14 bits per heavy atom. The minimum absolute atomic E-state index is 0.133. The largest absolute Gasteiger partial charge is 0.385 e. The maximum atomic E-state index is 12.2. The highest BCUT2D eigenvalue weighted by Gasteiger charge is 2.30. The molecule has 1 aromatic carbocycles. The number of anilines is 1. The summed E-state index contributed by atoms with van der Waals surface area (Å²) in [6, 6.07) is 8.48. The predicted molar refractivity (Wildman–Crippen MR) is 83.5 cm³/mol. The fraction of sp³-hybridized carbons (Fsp3) is 0.400. The summed E-state index contributed by atoms with van der Waals surface area (Å²) >= 11 is 0. The normalized spacial score (nSPS) is 17.7. The van der Waals surface area contributed by atoms with E-state index in [0.29, 0.717) is 25.3 Å². The van der Waals surface area contributed by atoms with Gasteiger partial charge in [0.1, 0.15) is 6.04 Å². The number of para-hydroxylation sites is 1. The molecular weight excluding hydrogens is 284 g/mol. The van der Waals surface area contributed by atoms with E-state index in [1.54, 1.807) is 26.2 Å². The van der Waals surface area contributed by atoms with Crippen LogP contribution in [0.25, 0.3) is 0 Å². The van der Waals surface area contributed by atoms with Crippen molar-refractivity contribution in [2.24, 2.45) is 4.99 Å². The molecule has 7 nitrogen and oxygen atoms in total. The Kier molecular flexibility index (Phi) is 5.48. The van der Waals surface area contributed by atoms with E-state index < -0.39 is 6.04 Å². The number of nitrogens with one attached hydrogen (secondary N) is 2. The van der Waals surface area contributed by atoms with Crippen LogP contribution < -0.4 is 15.8 Å². The van der Waals surface area contributed by atoms with Gasteiger partial charge >= 0.3 is 0 Å². The van der Waals surface area contributed by atoms with Gasteiger partial charge in [0.15, 0.2) is 0 Å². The van der Waals surface area contributed by atoms with Crippen LogP contribution in [0.5, 0.6) is 0 Å². The van der Waals surface area contributed by atoms with Crippen molar-refractivity contribution in [2.75, 3.05) is 25.3 Å². The number of amidine groups is 1. The molecule has 1 unspecified atom stereocenters. The van der Waals surface area contributed by atoms with E-state index >= 15 is 0 Å². The van der Waals surface area contributed by atoms with Crippen LogP contribution in [0.1, 0.15) is 13.3 Å². The van der Waals surface area contributed by atoms with Gasteiger partial charge in [-0.25, -0.2) is 10.0 Å². The summed E-state index contributed by atoms with van der Waals surface area (Å²) in [5.74, 6) is -0.410. The van der Waals surface area contributed by atoms with Crippen molar-refractivity contribution < 1.29 is 14.3 Å². The highest BCUT2D eigenvalue weighted by molar-refractivity contribution is 6.39. The second-order valence-electron chi connectivity index (χ2n) is 4.88. The third-order valence-electron chi connectivity index (χ3n) is 3.16. The molecule has 0 bridgehead atoms. The Morgan fingerprint density at radius 3 is 2.82 bits per heavy atom. The van der Waals surface area contributed by atoms with Gasteiger partial charge in [-0.15, -0.1) is 0 Å². The molecule has 2 N–H and O–H groups in total. The van der Waals surface area contributed by atoms with Crippen molar-refractivity contribution in [1.82, 2.24) is 10.7 Å². The zero-order valence-corrected chi connectivity index (χ0v) is 12.7. The van der Waals surface area contributed by atoms with E-state index in [4.69, 9.17) is 4.74 Å². The molecule has 1 heterocycles. The van der Waals surface area contributed by atoms with Crippen molar-refractivity contribution in [1.29, 1.82) is 0 Å². The second-order valence-corrected chi connectivity index (χ2v) is 4.88. The van der Waals surface area contributed by atoms with Crippen LogP contribution in [0.3, 0.4) is 0 Å². The van der Waals surface area contributed by atoms with Crippen LogP contribution in [0.4, 0.5) is 5.69 Å². The van der Waals surface area contributed by atoms with E-state index in [9.17, 15) is 9.59 Å². The number of carbonyl (C=O) groups is 2. The van der Waals surface area contributed by atoms with Crippen LogP contribution in [0.15, 0.2) is 35.3 Å². The Bertz CT molecular complexity index is 559. The molecule has 0 fully saturated rings. The van der Waals surface area contributed by atoms with Crippen LogP contribution in [0.2, 0.25) is 0 Å². The summed E-state index contributed by atoms with van der Waals surface area (Å²) in [5.41, 5.74) is 3.45. The molecule has 0 saturated carbocycles. The zero-order valence-electron chi connectivity index (χ0n) is 12.7. The zero-order chi connectivity index (χ0) is 15.9. The lowest BCUT2D eigenvalue weighted by Crippen LogP contribution is -2.58. The van der Waals surface area contributed by atoms with Crippen molar-refractivity contribution in [3.05, 3.63) is 30.3 Å². The van der Waals surface area contributed by atoms with Gasteiger partial charge in [-0.05, 0) is 25.5 Å². The molecule has 0 aromatic heterocycles. The molecular formula is C15H20N4O3. The van der Waals surface area contributed by atoms with Crippen molar-refractivity contribution in [2.45, 2.75) is 19.4 Å². The third-order valence-corrected chi connectivity index (χ3v) is 3.16. The molecule has 0 aliphatic carbocycles. The SMILES string of the molecule is COCCCNC(=O)C1=NC(C)C(=O)N(c2ccccc2)N1. The van der Waals surface area contributed by atoms with Gasteiger partial charge < -0.3 is 10.1 Å². The number of ether oxygens (including phenoxy) is 1. The standard InChI is InChI=1S/C15H20N4O3/c1-11-15(21)19(12-7-4-3-5-8-12)18-13(17-11)14(20)16-9-6-10-22-2/h3-5,7-8,11H,6,9-10H2,1-2H3,(H,16,20)(H,17,18). The molecule has 2 amide bonds. The average Bonchev–Trinajstić information content (AvgIpc) is 2.54. The van der Waals surface area contributed by atoms with Gasteiger partial charge in [-0.2, -0.15) is 0 Å². The summed E-state index contributed by atoms with van der Waals surface area (Å²) < 4.78 is 4.93. The summed E-state index contributed by atoms with van der Waals surface area (Å²) in [7, 11) is 1.61. The monoisotopic (exact) mass is 304 g/mol. The Balaban J connectivity index is 2.05. The minimum Gasteiger partial charge on any atom is -0.385 e. The van der Waals surface area contributed by atoms with E-state index in [2.05, 4.69) is 15.7 Å². The van der Waals surface area contributed by atoms with Gasteiger partial charge in [-0.1, -0.05) is 18.2 Å². The van der Waals surface area contributed by atoms with Gasteiger partial charge in [0.05, 0.1) is 5.69 Å². The molecule has 1 aromatic rings.